The zero-order valence-electron chi connectivity index (χ0n) is 16.1. The number of hydrogen-bond acceptors (Lipinski definition) is 4. The molecule has 0 saturated carbocycles. The average Bonchev–Trinajstić information content (AvgIpc) is 2.68. The van der Waals surface area contributed by atoms with E-state index in [1.807, 2.05) is 25.1 Å². The van der Waals surface area contributed by atoms with Gasteiger partial charge < -0.3 is 19.9 Å². The van der Waals surface area contributed by atoms with Crippen molar-refractivity contribution in [1.82, 2.24) is 4.90 Å². The third kappa shape index (κ3) is 4.98. The quantitative estimate of drug-likeness (QED) is 0.811. The molecule has 1 heterocycles. The standard InChI is InChI=1S/C21H25F2N3O2/c1-3-25-10-12-26(13-11-25)19-9-6-17(14-15(19)2)24-20(27)16-4-7-18(8-5-16)28-21(22)23/h4-9,14,21H,3,10-13H2,1-2H3,(H,24,27). The summed E-state index contributed by atoms with van der Waals surface area (Å²) >= 11 is 0. The van der Waals surface area contributed by atoms with Gasteiger partial charge in [-0.2, -0.15) is 8.78 Å². The zero-order valence-corrected chi connectivity index (χ0v) is 16.1. The maximum absolute atomic E-state index is 12.4. The van der Waals surface area contributed by atoms with Crippen LogP contribution in [0.2, 0.25) is 0 Å². The fourth-order valence-corrected chi connectivity index (χ4v) is 3.38. The Morgan fingerprint density at radius 1 is 1.11 bits per heavy atom. The zero-order chi connectivity index (χ0) is 20.1. The Kier molecular flexibility index (Phi) is 6.46. The number of likely N-dealkylation sites (N-methyl/N-ethyl adjacent to an activating group) is 1. The van der Waals surface area contributed by atoms with Crippen LogP contribution in [0.1, 0.15) is 22.8 Å². The Morgan fingerprint density at radius 3 is 2.36 bits per heavy atom. The Bertz CT molecular complexity index is 804. The summed E-state index contributed by atoms with van der Waals surface area (Å²) in [4.78, 5) is 17.2. The smallest absolute Gasteiger partial charge is 0.387 e. The highest BCUT2D eigenvalue weighted by Gasteiger charge is 2.17. The van der Waals surface area contributed by atoms with Gasteiger partial charge >= 0.3 is 6.61 Å². The number of alkyl halides is 2. The first-order valence-corrected chi connectivity index (χ1v) is 9.40. The SMILES string of the molecule is CCN1CCN(c2ccc(NC(=O)c3ccc(OC(F)F)cc3)cc2C)CC1. The van der Waals surface area contributed by atoms with Crippen molar-refractivity contribution in [1.29, 1.82) is 0 Å². The molecule has 0 atom stereocenters. The lowest BCUT2D eigenvalue weighted by Gasteiger charge is -2.36. The monoisotopic (exact) mass is 389 g/mol. The van der Waals surface area contributed by atoms with Gasteiger partial charge in [0, 0.05) is 43.1 Å². The maximum atomic E-state index is 12.4. The second kappa shape index (κ2) is 9.01. The van der Waals surface area contributed by atoms with E-state index in [1.54, 1.807) is 0 Å². The normalized spacial score (nSPS) is 15.0. The number of ether oxygens (including phenoxy) is 1. The fraction of sp³-hybridized carbons (Fsp3) is 0.381. The maximum Gasteiger partial charge on any atom is 0.387 e. The molecule has 5 nitrogen and oxygen atoms in total. The van der Waals surface area contributed by atoms with Crippen molar-refractivity contribution in [2.24, 2.45) is 0 Å². The van der Waals surface area contributed by atoms with Crippen molar-refractivity contribution in [3.8, 4) is 5.75 Å². The van der Waals surface area contributed by atoms with Crippen LogP contribution in [-0.4, -0.2) is 50.1 Å². The molecule has 3 rings (SSSR count). The highest BCUT2D eigenvalue weighted by molar-refractivity contribution is 6.04. The number of anilines is 2. The Hall–Kier alpha value is -2.67. The molecule has 0 unspecified atom stereocenters. The van der Waals surface area contributed by atoms with E-state index in [4.69, 9.17) is 0 Å². The van der Waals surface area contributed by atoms with Crippen LogP contribution in [0.25, 0.3) is 0 Å². The van der Waals surface area contributed by atoms with Gasteiger partial charge in [-0.3, -0.25) is 4.79 Å². The first kappa shape index (κ1) is 20.1. The predicted octanol–water partition coefficient (Wildman–Crippen LogP) is 3.99. The van der Waals surface area contributed by atoms with Gasteiger partial charge in [0.15, 0.2) is 0 Å². The van der Waals surface area contributed by atoms with Crippen molar-refractivity contribution in [3.05, 3.63) is 53.6 Å². The molecule has 0 radical (unpaired) electrons. The van der Waals surface area contributed by atoms with Crippen LogP contribution in [-0.2, 0) is 0 Å². The van der Waals surface area contributed by atoms with Crippen molar-refractivity contribution < 1.29 is 18.3 Å². The summed E-state index contributed by atoms with van der Waals surface area (Å²) in [6.07, 6.45) is 0. The summed E-state index contributed by atoms with van der Waals surface area (Å²) in [7, 11) is 0. The van der Waals surface area contributed by atoms with E-state index in [-0.39, 0.29) is 11.7 Å². The molecule has 1 amide bonds. The number of nitrogens with zero attached hydrogens (tertiary/aromatic N) is 2. The van der Waals surface area contributed by atoms with Crippen molar-refractivity contribution in [2.75, 3.05) is 42.9 Å². The molecular formula is C21H25F2N3O2. The minimum absolute atomic E-state index is 0.0231. The topological polar surface area (TPSA) is 44.8 Å². The summed E-state index contributed by atoms with van der Waals surface area (Å²) < 4.78 is 28.7. The molecule has 0 spiro atoms. The summed E-state index contributed by atoms with van der Waals surface area (Å²) in [5.41, 5.74) is 3.36. The number of carbonyl (C=O) groups is 1. The number of rotatable bonds is 6. The third-order valence-corrected chi connectivity index (χ3v) is 4.96. The molecular weight excluding hydrogens is 364 g/mol. The van der Waals surface area contributed by atoms with Crippen LogP contribution in [0, 0.1) is 6.92 Å². The van der Waals surface area contributed by atoms with Gasteiger partial charge in [0.2, 0.25) is 0 Å². The van der Waals surface area contributed by atoms with E-state index in [2.05, 4.69) is 26.8 Å². The molecule has 2 aromatic carbocycles. The van der Waals surface area contributed by atoms with E-state index in [0.717, 1.165) is 38.3 Å². The van der Waals surface area contributed by atoms with E-state index in [0.29, 0.717) is 11.3 Å². The second-order valence-electron chi connectivity index (χ2n) is 6.78. The number of amides is 1. The highest BCUT2D eigenvalue weighted by Crippen LogP contribution is 2.25. The average molecular weight is 389 g/mol. The molecule has 2 aromatic rings. The molecule has 0 aromatic heterocycles. The van der Waals surface area contributed by atoms with Gasteiger partial charge in [0.1, 0.15) is 5.75 Å². The first-order valence-electron chi connectivity index (χ1n) is 9.40. The molecule has 0 bridgehead atoms. The van der Waals surface area contributed by atoms with Crippen molar-refractivity contribution in [3.63, 3.8) is 0 Å². The van der Waals surface area contributed by atoms with Gasteiger partial charge in [-0.25, -0.2) is 0 Å². The molecule has 0 aliphatic carbocycles. The number of halogens is 2. The third-order valence-electron chi connectivity index (χ3n) is 4.96. The Labute approximate surface area is 163 Å². The lowest BCUT2D eigenvalue weighted by atomic mass is 10.1. The Balaban J connectivity index is 1.63. The number of benzene rings is 2. The number of nitrogens with one attached hydrogen (secondary N) is 1. The minimum Gasteiger partial charge on any atom is -0.435 e. The number of hydrogen-bond donors (Lipinski definition) is 1. The van der Waals surface area contributed by atoms with E-state index >= 15 is 0 Å². The molecule has 1 aliphatic heterocycles. The summed E-state index contributed by atoms with van der Waals surface area (Å²) in [6.45, 7) is 6.50. The number of carbonyl (C=O) groups excluding carboxylic acids is 1. The fourth-order valence-electron chi connectivity index (χ4n) is 3.38. The van der Waals surface area contributed by atoms with Gasteiger partial charge in [-0.1, -0.05) is 6.92 Å². The van der Waals surface area contributed by atoms with Crippen molar-refractivity contribution >= 4 is 17.3 Å². The first-order chi connectivity index (χ1) is 13.5. The van der Waals surface area contributed by atoms with Crippen LogP contribution in [0.5, 0.6) is 5.75 Å². The summed E-state index contributed by atoms with van der Waals surface area (Å²) in [5.74, 6) is -0.276. The highest BCUT2D eigenvalue weighted by atomic mass is 19.3. The molecule has 1 saturated heterocycles. The Morgan fingerprint density at radius 2 is 1.79 bits per heavy atom. The summed E-state index contributed by atoms with van der Waals surface area (Å²) in [5, 5.41) is 2.85. The van der Waals surface area contributed by atoms with Crippen LogP contribution < -0.4 is 15.0 Å². The van der Waals surface area contributed by atoms with E-state index in [1.165, 1.54) is 30.0 Å². The van der Waals surface area contributed by atoms with Crippen LogP contribution in [0.15, 0.2) is 42.5 Å². The van der Waals surface area contributed by atoms with E-state index < -0.39 is 6.61 Å². The molecule has 28 heavy (non-hydrogen) atoms. The second-order valence-corrected chi connectivity index (χ2v) is 6.78. The molecule has 1 aliphatic rings. The molecule has 1 N–H and O–H groups in total. The van der Waals surface area contributed by atoms with Crippen LogP contribution >= 0.6 is 0 Å². The van der Waals surface area contributed by atoms with Gasteiger partial charge in [-0.05, 0) is 61.5 Å². The van der Waals surface area contributed by atoms with Crippen LogP contribution in [0.4, 0.5) is 20.2 Å². The number of aryl methyl sites for hydroxylation is 1. The lowest BCUT2D eigenvalue weighted by molar-refractivity contribution is -0.0498. The lowest BCUT2D eigenvalue weighted by Crippen LogP contribution is -2.46. The molecule has 150 valence electrons. The van der Waals surface area contributed by atoms with E-state index in [9.17, 15) is 13.6 Å². The van der Waals surface area contributed by atoms with Crippen LogP contribution in [0.3, 0.4) is 0 Å². The largest absolute Gasteiger partial charge is 0.435 e. The van der Waals surface area contributed by atoms with Gasteiger partial charge in [0.25, 0.3) is 5.91 Å². The van der Waals surface area contributed by atoms with Gasteiger partial charge in [-0.15, -0.1) is 0 Å². The molecule has 7 heteroatoms. The summed E-state index contributed by atoms with van der Waals surface area (Å²) in [6, 6.07) is 11.5. The minimum atomic E-state index is -2.88. The molecule has 1 fully saturated rings. The van der Waals surface area contributed by atoms with Crippen molar-refractivity contribution in [2.45, 2.75) is 20.5 Å². The number of piperazine rings is 1. The predicted molar refractivity (Wildman–Crippen MR) is 107 cm³/mol. The van der Waals surface area contributed by atoms with Gasteiger partial charge in [0.05, 0.1) is 0 Å².